The topological polar surface area (TPSA) is 36.8 Å². The van der Waals surface area contributed by atoms with E-state index in [9.17, 15) is 0 Å². The second-order valence-corrected chi connectivity index (χ2v) is 9.55. The zero-order valence-electron chi connectivity index (χ0n) is 20.8. The number of ether oxygens (including phenoxy) is 1. The van der Waals surface area contributed by atoms with Gasteiger partial charge in [-0.3, -0.25) is 9.58 Å². The van der Waals surface area contributed by atoms with E-state index < -0.39 is 0 Å². The van der Waals surface area contributed by atoms with Gasteiger partial charge in [0.05, 0.1) is 13.2 Å². The normalized spacial score (nSPS) is 17.0. The molecule has 0 saturated carbocycles. The van der Waals surface area contributed by atoms with E-state index in [2.05, 4.69) is 66.3 Å². The molecule has 0 radical (unpaired) electrons. The molecular weight excluding hydrogens is 398 g/mol. The average Bonchev–Trinajstić information content (AvgIpc) is 3.10. The molecule has 2 aliphatic heterocycles. The van der Waals surface area contributed by atoms with E-state index in [4.69, 9.17) is 9.84 Å². The number of morpholine rings is 1. The summed E-state index contributed by atoms with van der Waals surface area (Å²) < 4.78 is 7.65. The van der Waals surface area contributed by atoms with Crippen LogP contribution in [0.3, 0.4) is 0 Å². The molecule has 2 aromatic rings. The lowest BCUT2D eigenvalue weighted by Crippen LogP contribution is -2.38. The monoisotopic (exact) mass is 439 g/mol. The van der Waals surface area contributed by atoms with Crippen LogP contribution in [0.25, 0.3) is 0 Å². The SMILES string of the molecule is CCCN(CCCN1CCOCC1)c1c2c(nn1C)N(c1c(C)cc(C)cc1C)CCC2. The van der Waals surface area contributed by atoms with E-state index in [0.717, 1.165) is 71.1 Å². The van der Waals surface area contributed by atoms with Crippen molar-refractivity contribution in [2.75, 3.05) is 62.3 Å². The molecule has 0 unspecified atom stereocenters. The molecule has 6 nitrogen and oxygen atoms in total. The van der Waals surface area contributed by atoms with Crippen molar-refractivity contribution in [1.29, 1.82) is 0 Å². The highest BCUT2D eigenvalue weighted by molar-refractivity contribution is 5.74. The standard InChI is InChI=1S/C26H41N5O/c1-6-10-30(12-8-11-29-14-16-32-17-15-29)26-23-9-7-13-31(25(23)27-28(26)5)24-21(3)18-20(2)19-22(24)4/h18-19H,6-17H2,1-5H3. The largest absolute Gasteiger partial charge is 0.379 e. The number of aromatic nitrogens is 2. The molecule has 2 aliphatic rings. The van der Waals surface area contributed by atoms with Gasteiger partial charge in [-0.15, -0.1) is 0 Å². The van der Waals surface area contributed by atoms with E-state index >= 15 is 0 Å². The molecular formula is C26H41N5O. The van der Waals surface area contributed by atoms with Gasteiger partial charge in [0.2, 0.25) is 0 Å². The molecule has 3 heterocycles. The van der Waals surface area contributed by atoms with Crippen LogP contribution in [-0.2, 0) is 18.2 Å². The lowest BCUT2D eigenvalue weighted by molar-refractivity contribution is 0.0376. The molecule has 0 atom stereocenters. The van der Waals surface area contributed by atoms with E-state index in [0.29, 0.717) is 0 Å². The minimum absolute atomic E-state index is 0.877. The van der Waals surface area contributed by atoms with Crippen LogP contribution >= 0.6 is 0 Å². The minimum Gasteiger partial charge on any atom is -0.379 e. The summed E-state index contributed by atoms with van der Waals surface area (Å²) in [4.78, 5) is 7.60. The molecule has 0 amide bonds. The predicted octanol–water partition coefficient (Wildman–Crippen LogP) is 4.37. The summed E-state index contributed by atoms with van der Waals surface area (Å²) in [6.07, 6.45) is 4.62. The molecule has 4 rings (SSSR count). The van der Waals surface area contributed by atoms with Crippen molar-refractivity contribution < 1.29 is 4.74 Å². The number of nitrogens with zero attached hydrogens (tertiary/aromatic N) is 5. The first kappa shape index (κ1) is 23.1. The van der Waals surface area contributed by atoms with Crippen LogP contribution < -0.4 is 9.80 Å². The maximum Gasteiger partial charge on any atom is 0.160 e. The lowest BCUT2D eigenvalue weighted by Gasteiger charge is -2.32. The number of benzene rings is 1. The molecule has 1 saturated heterocycles. The summed E-state index contributed by atoms with van der Waals surface area (Å²) >= 11 is 0. The van der Waals surface area contributed by atoms with Gasteiger partial charge in [-0.25, -0.2) is 0 Å². The van der Waals surface area contributed by atoms with Crippen molar-refractivity contribution in [2.45, 2.75) is 53.4 Å². The Balaban J connectivity index is 1.58. The summed E-state index contributed by atoms with van der Waals surface area (Å²) in [5, 5.41) is 5.09. The van der Waals surface area contributed by atoms with Gasteiger partial charge >= 0.3 is 0 Å². The zero-order chi connectivity index (χ0) is 22.7. The Morgan fingerprint density at radius 2 is 1.75 bits per heavy atom. The van der Waals surface area contributed by atoms with Crippen LogP contribution in [0, 0.1) is 20.8 Å². The average molecular weight is 440 g/mol. The number of hydrogen-bond acceptors (Lipinski definition) is 5. The van der Waals surface area contributed by atoms with E-state index in [1.165, 1.54) is 46.6 Å². The third-order valence-electron chi connectivity index (χ3n) is 6.86. The Labute approximate surface area is 194 Å². The fraction of sp³-hybridized carbons (Fsp3) is 0.654. The summed E-state index contributed by atoms with van der Waals surface area (Å²) in [5.41, 5.74) is 6.79. The van der Waals surface area contributed by atoms with Crippen molar-refractivity contribution in [2.24, 2.45) is 7.05 Å². The van der Waals surface area contributed by atoms with Gasteiger partial charge in [-0.2, -0.15) is 5.10 Å². The summed E-state index contributed by atoms with van der Waals surface area (Å²) in [6.45, 7) is 17.2. The minimum atomic E-state index is 0.877. The Kier molecular flexibility index (Phi) is 7.41. The predicted molar refractivity (Wildman–Crippen MR) is 134 cm³/mol. The van der Waals surface area contributed by atoms with Gasteiger partial charge in [0.25, 0.3) is 0 Å². The summed E-state index contributed by atoms with van der Waals surface area (Å²) in [7, 11) is 2.13. The molecule has 0 aliphatic carbocycles. The quantitative estimate of drug-likeness (QED) is 0.611. The molecule has 1 aromatic heterocycles. The first-order chi connectivity index (χ1) is 15.5. The van der Waals surface area contributed by atoms with Gasteiger partial charge in [0.1, 0.15) is 5.82 Å². The van der Waals surface area contributed by atoms with E-state index in [1.807, 2.05) is 0 Å². The number of anilines is 3. The highest BCUT2D eigenvalue weighted by atomic mass is 16.5. The number of hydrogen-bond donors (Lipinski definition) is 0. The first-order valence-corrected chi connectivity index (χ1v) is 12.5. The van der Waals surface area contributed by atoms with E-state index in [-0.39, 0.29) is 0 Å². The molecule has 0 bridgehead atoms. The molecule has 1 aromatic carbocycles. The number of rotatable bonds is 8. The molecule has 6 heteroatoms. The molecule has 0 N–H and O–H groups in total. The van der Waals surface area contributed by atoms with Crippen LogP contribution in [0.15, 0.2) is 12.1 Å². The second-order valence-electron chi connectivity index (χ2n) is 9.55. The molecule has 176 valence electrons. The Bertz CT molecular complexity index is 892. The Hall–Kier alpha value is -2.05. The second kappa shape index (κ2) is 10.3. The van der Waals surface area contributed by atoms with Crippen LogP contribution in [0.1, 0.15) is 48.4 Å². The van der Waals surface area contributed by atoms with Gasteiger partial charge in [0.15, 0.2) is 5.82 Å². The van der Waals surface area contributed by atoms with Crippen LogP contribution in [-0.4, -0.2) is 67.2 Å². The highest BCUT2D eigenvalue weighted by Crippen LogP contribution is 2.40. The van der Waals surface area contributed by atoms with Gasteiger partial charge in [-0.1, -0.05) is 24.6 Å². The fourth-order valence-electron chi connectivity index (χ4n) is 5.62. The van der Waals surface area contributed by atoms with Crippen molar-refractivity contribution in [3.05, 3.63) is 34.4 Å². The summed E-state index contributed by atoms with van der Waals surface area (Å²) in [6, 6.07) is 4.60. The summed E-state index contributed by atoms with van der Waals surface area (Å²) in [5.74, 6) is 2.49. The molecule has 1 fully saturated rings. The van der Waals surface area contributed by atoms with Crippen LogP contribution in [0.4, 0.5) is 17.3 Å². The maximum atomic E-state index is 5.50. The van der Waals surface area contributed by atoms with Crippen molar-refractivity contribution >= 4 is 17.3 Å². The number of aryl methyl sites for hydroxylation is 4. The van der Waals surface area contributed by atoms with Gasteiger partial charge in [0, 0.05) is 57.6 Å². The molecule has 0 spiro atoms. The fourth-order valence-corrected chi connectivity index (χ4v) is 5.62. The third kappa shape index (κ3) is 4.81. The van der Waals surface area contributed by atoms with Gasteiger partial charge < -0.3 is 14.5 Å². The van der Waals surface area contributed by atoms with E-state index in [1.54, 1.807) is 0 Å². The van der Waals surface area contributed by atoms with Crippen molar-refractivity contribution in [1.82, 2.24) is 14.7 Å². The third-order valence-corrected chi connectivity index (χ3v) is 6.86. The number of fused-ring (bicyclic) bond motifs is 1. The smallest absolute Gasteiger partial charge is 0.160 e. The highest BCUT2D eigenvalue weighted by Gasteiger charge is 2.29. The molecule has 32 heavy (non-hydrogen) atoms. The van der Waals surface area contributed by atoms with Crippen molar-refractivity contribution in [3.8, 4) is 0 Å². The maximum absolute atomic E-state index is 5.50. The lowest BCUT2D eigenvalue weighted by atomic mass is 10.00. The Morgan fingerprint density at radius 1 is 1.03 bits per heavy atom. The van der Waals surface area contributed by atoms with Gasteiger partial charge in [-0.05, 0) is 57.6 Å². The Morgan fingerprint density at radius 3 is 2.44 bits per heavy atom. The van der Waals surface area contributed by atoms with Crippen molar-refractivity contribution in [3.63, 3.8) is 0 Å². The first-order valence-electron chi connectivity index (χ1n) is 12.5. The zero-order valence-corrected chi connectivity index (χ0v) is 20.8. The van der Waals surface area contributed by atoms with Crippen LogP contribution in [0.5, 0.6) is 0 Å². The van der Waals surface area contributed by atoms with Crippen LogP contribution in [0.2, 0.25) is 0 Å².